The zero-order chi connectivity index (χ0) is 31.5. The summed E-state index contributed by atoms with van der Waals surface area (Å²) < 4.78 is 34.5. The van der Waals surface area contributed by atoms with Crippen molar-refractivity contribution in [2.24, 2.45) is 11.8 Å². The number of hydroxylamine groups is 4. The quantitative estimate of drug-likeness (QED) is 0.177. The van der Waals surface area contributed by atoms with E-state index >= 15 is 0 Å². The van der Waals surface area contributed by atoms with Crippen molar-refractivity contribution < 1.29 is 51.2 Å². The number of piperidine rings is 2. The van der Waals surface area contributed by atoms with Crippen LogP contribution in [-0.4, -0.2) is 124 Å². The lowest BCUT2D eigenvalue weighted by Crippen LogP contribution is -2.50. The average Bonchev–Trinajstić information content (AvgIpc) is 3.28. The predicted molar refractivity (Wildman–Crippen MR) is 142 cm³/mol. The number of nitrogens with zero attached hydrogens (tertiary/aromatic N) is 4. The van der Waals surface area contributed by atoms with Gasteiger partial charge in [0.05, 0.1) is 25.2 Å². The van der Waals surface area contributed by atoms with Crippen LogP contribution in [0.15, 0.2) is 0 Å². The summed E-state index contributed by atoms with van der Waals surface area (Å²) in [5.41, 5.74) is 0. The van der Waals surface area contributed by atoms with Crippen molar-refractivity contribution in [3.63, 3.8) is 0 Å². The van der Waals surface area contributed by atoms with Gasteiger partial charge in [0.2, 0.25) is 11.8 Å². The average molecular weight is 619 g/mol. The first-order chi connectivity index (χ1) is 19.5. The Morgan fingerprint density at radius 3 is 1.69 bits per heavy atom. The summed E-state index contributed by atoms with van der Waals surface area (Å²) >= 11 is 0. The Morgan fingerprint density at radius 1 is 0.810 bits per heavy atom. The normalized spacial score (nSPS) is 25.0. The number of rotatable bonds is 10. The lowest BCUT2D eigenvalue weighted by Gasteiger charge is -2.29. The van der Waals surface area contributed by atoms with E-state index in [2.05, 4.69) is 14.9 Å². The second-order valence-electron chi connectivity index (χ2n) is 11.2. The maximum Gasteiger partial charge on any atom is 0.418 e. The molecule has 17 nitrogen and oxygen atoms in total. The van der Waals surface area contributed by atoms with E-state index in [1.165, 1.54) is 9.80 Å². The molecule has 6 amide bonds. The molecule has 4 fully saturated rings. The highest BCUT2D eigenvalue weighted by molar-refractivity contribution is 7.80. The molecule has 236 valence electrons. The SMILES string of the molecule is CC(C)C(=O)CNC(=O)[C@@H]1CC[C@@H]2CN1C(=O)N2O.CC(C)C(=O)CNC(=O)[C@@H]1CC[C@@H]2CN1C(=O)N2OS(=O)(=O)O. The van der Waals surface area contributed by atoms with Gasteiger partial charge in [0.1, 0.15) is 12.1 Å². The van der Waals surface area contributed by atoms with E-state index in [4.69, 9.17) is 4.55 Å². The minimum Gasteiger partial charge on any atom is -0.347 e. The summed E-state index contributed by atoms with van der Waals surface area (Å²) in [4.78, 5) is 73.6. The molecule has 4 aliphatic heterocycles. The largest absolute Gasteiger partial charge is 0.418 e. The number of carbonyl (C=O) groups is 6. The minimum atomic E-state index is -4.81. The van der Waals surface area contributed by atoms with Crippen LogP contribution < -0.4 is 10.6 Å². The molecule has 4 heterocycles. The third-order valence-electron chi connectivity index (χ3n) is 7.61. The van der Waals surface area contributed by atoms with E-state index in [1.54, 1.807) is 27.7 Å². The zero-order valence-corrected chi connectivity index (χ0v) is 24.7. The molecule has 42 heavy (non-hydrogen) atoms. The molecule has 0 radical (unpaired) electrons. The smallest absolute Gasteiger partial charge is 0.347 e. The van der Waals surface area contributed by atoms with Gasteiger partial charge >= 0.3 is 22.5 Å². The summed E-state index contributed by atoms with van der Waals surface area (Å²) in [5, 5.41) is 15.8. The van der Waals surface area contributed by atoms with Crippen LogP contribution >= 0.6 is 0 Å². The highest BCUT2D eigenvalue weighted by Crippen LogP contribution is 2.31. The maximum absolute atomic E-state index is 12.2. The van der Waals surface area contributed by atoms with Gasteiger partial charge in [0.25, 0.3) is 0 Å². The molecule has 4 saturated heterocycles. The van der Waals surface area contributed by atoms with Crippen molar-refractivity contribution in [1.29, 1.82) is 0 Å². The summed E-state index contributed by atoms with van der Waals surface area (Å²) in [6, 6.07) is -3.48. The van der Waals surface area contributed by atoms with Gasteiger partial charge in [-0.2, -0.15) is 13.5 Å². The third-order valence-corrected chi connectivity index (χ3v) is 7.96. The number of Topliss-reactive ketones (excluding diaryl/α,β-unsaturated/α-hetero) is 2. The van der Waals surface area contributed by atoms with E-state index in [9.17, 15) is 42.4 Å². The number of amides is 6. The molecule has 0 aromatic rings. The third kappa shape index (κ3) is 7.73. The Labute approximate surface area is 243 Å². The lowest BCUT2D eigenvalue weighted by molar-refractivity contribution is -0.129. The van der Waals surface area contributed by atoms with E-state index in [-0.39, 0.29) is 55.0 Å². The van der Waals surface area contributed by atoms with Crippen molar-refractivity contribution in [1.82, 2.24) is 30.6 Å². The summed E-state index contributed by atoms with van der Waals surface area (Å²) in [6.07, 6.45) is 1.75. The van der Waals surface area contributed by atoms with Crippen molar-refractivity contribution >= 4 is 45.8 Å². The molecule has 0 aromatic carbocycles. The number of ketones is 2. The Balaban J connectivity index is 0.000000235. The number of hydrogen-bond acceptors (Lipinski definition) is 10. The predicted octanol–water partition coefficient (Wildman–Crippen LogP) is -0.684. The zero-order valence-electron chi connectivity index (χ0n) is 23.9. The molecule has 0 saturated carbocycles. The standard InChI is InChI=1S/C12H19N3O7S.C12H19N3O4/c1-7(2)10(16)5-13-11(17)9-4-3-8-6-14(9)12(18)15(8)22-23(19,20)21;1-7(2)10(16)5-13-11(17)9-4-3-8-6-14(9)12(18)15(8)19/h7-9H,3-6H2,1-2H3,(H,13,17)(H,19,20,21);7-9,19H,3-6H2,1-2H3,(H,13,17)/t2*8-,9+/m11/s1. The van der Waals surface area contributed by atoms with Gasteiger partial charge in [0, 0.05) is 24.9 Å². The van der Waals surface area contributed by atoms with Crippen LogP contribution in [0.4, 0.5) is 9.59 Å². The first-order valence-electron chi connectivity index (χ1n) is 13.7. The van der Waals surface area contributed by atoms with E-state index in [0.29, 0.717) is 42.4 Å². The van der Waals surface area contributed by atoms with Gasteiger partial charge < -0.3 is 20.4 Å². The Morgan fingerprint density at radius 2 is 1.24 bits per heavy atom. The fourth-order valence-corrected chi connectivity index (χ4v) is 5.41. The van der Waals surface area contributed by atoms with Crippen molar-refractivity contribution in [3.05, 3.63) is 0 Å². The topological polar surface area (TPSA) is 223 Å². The van der Waals surface area contributed by atoms with Crippen LogP contribution in [0.1, 0.15) is 53.4 Å². The van der Waals surface area contributed by atoms with Crippen LogP contribution in [0.25, 0.3) is 0 Å². The van der Waals surface area contributed by atoms with Crippen LogP contribution in [0.2, 0.25) is 0 Å². The summed E-state index contributed by atoms with van der Waals surface area (Å²) in [6.45, 7) is 7.32. The van der Waals surface area contributed by atoms with Crippen LogP contribution in [0.5, 0.6) is 0 Å². The van der Waals surface area contributed by atoms with Crippen molar-refractivity contribution in [3.8, 4) is 0 Å². The number of carbonyl (C=O) groups excluding carboxylic acids is 6. The minimum absolute atomic E-state index is 0.0126. The van der Waals surface area contributed by atoms with E-state index in [0.717, 1.165) is 0 Å². The second kappa shape index (κ2) is 13.3. The molecule has 0 aliphatic carbocycles. The first-order valence-corrected chi connectivity index (χ1v) is 15.0. The number of fused-ring (bicyclic) bond motifs is 4. The molecule has 0 unspecified atom stereocenters. The van der Waals surface area contributed by atoms with Crippen molar-refractivity contribution in [2.45, 2.75) is 77.5 Å². The van der Waals surface area contributed by atoms with Gasteiger partial charge in [-0.3, -0.25) is 28.9 Å². The Hall–Kier alpha value is -3.35. The lowest BCUT2D eigenvalue weighted by atomic mass is 10.00. The van der Waals surface area contributed by atoms with Crippen LogP contribution in [-0.2, 0) is 33.9 Å². The molecule has 0 spiro atoms. The van der Waals surface area contributed by atoms with Crippen LogP contribution in [0.3, 0.4) is 0 Å². The van der Waals surface area contributed by atoms with E-state index < -0.39 is 46.5 Å². The molecule has 4 bridgehead atoms. The maximum atomic E-state index is 12.2. The number of hydrogen-bond donors (Lipinski definition) is 4. The van der Waals surface area contributed by atoms with Gasteiger partial charge in [-0.05, 0) is 25.7 Å². The molecule has 4 rings (SSSR count). The molecular weight excluding hydrogens is 580 g/mol. The molecular formula is C24H38N6O11S. The Kier molecular flexibility index (Phi) is 10.5. The Bertz CT molecular complexity index is 1210. The molecule has 4 atom stereocenters. The molecule has 4 N–H and O–H groups in total. The van der Waals surface area contributed by atoms with Crippen molar-refractivity contribution in [2.75, 3.05) is 26.2 Å². The van der Waals surface area contributed by atoms with Gasteiger partial charge in [-0.1, -0.05) is 27.7 Å². The van der Waals surface area contributed by atoms with Crippen LogP contribution in [0, 0.1) is 11.8 Å². The molecule has 0 aromatic heterocycles. The fourth-order valence-electron chi connectivity index (χ4n) is 5.02. The second-order valence-corrected chi connectivity index (χ2v) is 12.2. The highest BCUT2D eigenvalue weighted by Gasteiger charge is 2.49. The summed E-state index contributed by atoms with van der Waals surface area (Å²) in [5.74, 6) is -1.30. The fraction of sp³-hybridized carbons (Fsp3) is 0.750. The van der Waals surface area contributed by atoms with Gasteiger partial charge in [-0.25, -0.2) is 14.7 Å². The summed E-state index contributed by atoms with van der Waals surface area (Å²) in [7, 11) is -4.81. The number of urea groups is 2. The van der Waals surface area contributed by atoms with Gasteiger partial charge in [0.15, 0.2) is 11.6 Å². The highest BCUT2D eigenvalue weighted by atomic mass is 32.3. The molecule has 18 heteroatoms. The number of nitrogens with one attached hydrogen (secondary N) is 2. The van der Waals surface area contributed by atoms with E-state index in [1.807, 2.05) is 0 Å². The molecule has 4 aliphatic rings. The first kappa shape index (κ1) is 33.2. The van der Waals surface area contributed by atoms with Gasteiger partial charge in [-0.15, -0.1) is 4.28 Å². The monoisotopic (exact) mass is 618 g/mol.